The largest absolute Gasteiger partial charge is 0.444 e. The molecule has 2 saturated heterocycles. The Labute approximate surface area is 102 Å². The van der Waals surface area contributed by atoms with Crippen molar-refractivity contribution in [3.05, 3.63) is 0 Å². The van der Waals surface area contributed by atoms with Crippen molar-refractivity contribution in [3.63, 3.8) is 0 Å². The van der Waals surface area contributed by atoms with Crippen LogP contribution in [0.5, 0.6) is 0 Å². The summed E-state index contributed by atoms with van der Waals surface area (Å²) in [7, 11) is 0. The lowest BCUT2D eigenvalue weighted by Gasteiger charge is -2.37. The van der Waals surface area contributed by atoms with E-state index in [0.717, 1.165) is 13.0 Å². The van der Waals surface area contributed by atoms with E-state index in [1.54, 1.807) is 4.90 Å². The first-order valence-electron chi connectivity index (χ1n) is 6.14. The maximum atomic E-state index is 11.8. The lowest BCUT2D eigenvalue weighted by atomic mass is 10.1. The van der Waals surface area contributed by atoms with Gasteiger partial charge in [-0.3, -0.25) is 0 Å². The number of rotatable bonds is 1. The molecule has 2 heterocycles. The molecule has 0 aromatic heterocycles. The third kappa shape index (κ3) is 3.10. The summed E-state index contributed by atoms with van der Waals surface area (Å²) in [6, 6.07) is 0. The van der Waals surface area contributed by atoms with E-state index >= 15 is 0 Å². The molecule has 0 bridgehead atoms. The maximum Gasteiger partial charge on any atom is 0.410 e. The molecule has 5 heteroatoms. The van der Waals surface area contributed by atoms with Gasteiger partial charge in [0.25, 0.3) is 0 Å². The van der Waals surface area contributed by atoms with Crippen molar-refractivity contribution in [2.75, 3.05) is 13.1 Å². The zero-order valence-corrected chi connectivity index (χ0v) is 10.9. The summed E-state index contributed by atoms with van der Waals surface area (Å²) in [6.45, 7) is 8.87. The van der Waals surface area contributed by atoms with Gasteiger partial charge in [0.15, 0.2) is 12.6 Å². The quantitative estimate of drug-likeness (QED) is 0.706. The van der Waals surface area contributed by atoms with Gasteiger partial charge in [-0.15, -0.1) is 0 Å². The minimum absolute atomic E-state index is 0.101. The fraction of sp³-hybridized carbons (Fsp3) is 0.917. The van der Waals surface area contributed by atoms with Crippen LogP contribution in [0.25, 0.3) is 0 Å². The molecule has 0 saturated carbocycles. The van der Waals surface area contributed by atoms with Crippen molar-refractivity contribution in [2.45, 2.75) is 52.3 Å². The Bertz CT molecular complexity index is 293. The summed E-state index contributed by atoms with van der Waals surface area (Å²) in [6.07, 6.45) is 0.428. The topological polar surface area (TPSA) is 48.0 Å². The predicted molar refractivity (Wildman–Crippen MR) is 61.3 cm³/mol. The zero-order chi connectivity index (χ0) is 12.6. The number of hydrogen-bond acceptors (Lipinski definition) is 4. The summed E-state index contributed by atoms with van der Waals surface area (Å²) in [5.74, 6) is 0.277. The van der Waals surface area contributed by atoms with Crippen LogP contribution in [0.2, 0.25) is 0 Å². The molecule has 0 N–H and O–H groups in total. The minimum atomic E-state index is -0.437. The van der Waals surface area contributed by atoms with Crippen LogP contribution in [0.3, 0.4) is 0 Å². The molecule has 0 aromatic rings. The van der Waals surface area contributed by atoms with Gasteiger partial charge in [0.2, 0.25) is 0 Å². The Morgan fingerprint density at radius 2 is 2.00 bits per heavy atom. The molecule has 0 aliphatic carbocycles. The molecule has 2 fully saturated rings. The first kappa shape index (κ1) is 12.6. The second-order valence-electron chi connectivity index (χ2n) is 5.68. The molecule has 2 aliphatic heterocycles. The van der Waals surface area contributed by atoms with Crippen molar-refractivity contribution in [1.29, 1.82) is 0 Å². The lowest BCUT2D eigenvalue weighted by molar-refractivity contribution is -0.390. The van der Waals surface area contributed by atoms with Crippen LogP contribution in [0.1, 0.15) is 34.1 Å². The average molecular weight is 243 g/mol. The van der Waals surface area contributed by atoms with E-state index < -0.39 is 5.60 Å². The van der Waals surface area contributed by atoms with Crippen molar-refractivity contribution >= 4 is 6.09 Å². The molecule has 0 spiro atoms. The lowest BCUT2D eigenvalue weighted by Crippen LogP contribution is -2.45. The molecule has 2 aliphatic rings. The molecule has 2 rings (SSSR count). The molecule has 1 amide bonds. The highest BCUT2D eigenvalue weighted by Gasteiger charge is 2.40. The summed E-state index contributed by atoms with van der Waals surface area (Å²) in [4.78, 5) is 13.5. The van der Waals surface area contributed by atoms with Gasteiger partial charge in [0.05, 0.1) is 0 Å². The molecule has 0 radical (unpaired) electrons. The number of likely N-dealkylation sites (tertiary alicyclic amines) is 1. The number of hydrogen-bond donors (Lipinski definition) is 0. The number of ether oxygens (including phenoxy) is 3. The fourth-order valence-corrected chi connectivity index (χ4v) is 2.11. The van der Waals surface area contributed by atoms with Gasteiger partial charge in [-0.25, -0.2) is 4.79 Å². The Morgan fingerprint density at radius 3 is 2.53 bits per heavy atom. The van der Waals surface area contributed by atoms with E-state index in [4.69, 9.17) is 14.2 Å². The van der Waals surface area contributed by atoms with Gasteiger partial charge in [-0.2, -0.15) is 0 Å². The van der Waals surface area contributed by atoms with Crippen LogP contribution in [-0.4, -0.2) is 42.3 Å². The molecule has 98 valence electrons. The monoisotopic (exact) mass is 243 g/mol. The van der Waals surface area contributed by atoms with E-state index in [1.807, 2.05) is 27.7 Å². The van der Waals surface area contributed by atoms with Crippen molar-refractivity contribution in [2.24, 2.45) is 5.92 Å². The van der Waals surface area contributed by atoms with Crippen LogP contribution in [0.15, 0.2) is 0 Å². The first-order chi connectivity index (χ1) is 7.85. The van der Waals surface area contributed by atoms with E-state index in [1.165, 1.54) is 0 Å². The summed E-state index contributed by atoms with van der Waals surface area (Å²) in [5, 5.41) is 0. The highest BCUT2D eigenvalue weighted by Crippen LogP contribution is 2.30. The van der Waals surface area contributed by atoms with Crippen molar-refractivity contribution in [1.82, 2.24) is 4.90 Å². The van der Waals surface area contributed by atoms with Crippen LogP contribution in [-0.2, 0) is 14.2 Å². The van der Waals surface area contributed by atoms with Gasteiger partial charge < -0.3 is 19.1 Å². The first-order valence-corrected chi connectivity index (χ1v) is 6.14. The highest BCUT2D eigenvalue weighted by atomic mass is 16.9. The average Bonchev–Trinajstić information content (AvgIpc) is 2.58. The van der Waals surface area contributed by atoms with E-state index in [0.29, 0.717) is 6.54 Å². The molecule has 1 unspecified atom stereocenters. The second kappa shape index (κ2) is 4.46. The van der Waals surface area contributed by atoms with Crippen molar-refractivity contribution < 1.29 is 19.0 Å². The Balaban J connectivity index is 1.79. The van der Waals surface area contributed by atoms with Crippen LogP contribution in [0.4, 0.5) is 4.79 Å². The summed E-state index contributed by atoms with van der Waals surface area (Å²) < 4.78 is 16.2. The Hall–Kier alpha value is -0.810. The van der Waals surface area contributed by atoms with Gasteiger partial charge in [-0.1, -0.05) is 0 Å². The molecule has 0 aromatic carbocycles. The minimum Gasteiger partial charge on any atom is -0.444 e. The number of carbonyl (C=O) groups excluding carboxylic acids is 1. The van der Waals surface area contributed by atoms with E-state index in [9.17, 15) is 4.79 Å². The molecule has 5 nitrogen and oxygen atoms in total. The normalized spacial score (nSPS) is 33.4. The SMILES string of the molecule is CC1OC(C2CCN(C(=O)OC(C)(C)C)C2)O1. The van der Waals surface area contributed by atoms with Gasteiger partial charge in [-0.05, 0) is 34.1 Å². The highest BCUT2D eigenvalue weighted by molar-refractivity contribution is 5.68. The van der Waals surface area contributed by atoms with Crippen LogP contribution < -0.4 is 0 Å². The van der Waals surface area contributed by atoms with Crippen LogP contribution >= 0.6 is 0 Å². The standard InChI is InChI=1S/C12H21NO4/c1-8-15-10(16-8)9-5-6-13(7-9)11(14)17-12(2,3)4/h8-10H,5-7H2,1-4H3. The summed E-state index contributed by atoms with van der Waals surface area (Å²) >= 11 is 0. The van der Waals surface area contributed by atoms with E-state index in [-0.39, 0.29) is 24.6 Å². The Morgan fingerprint density at radius 1 is 1.35 bits per heavy atom. The molecular weight excluding hydrogens is 222 g/mol. The van der Waals surface area contributed by atoms with Gasteiger partial charge in [0.1, 0.15) is 5.60 Å². The van der Waals surface area contributed by atoms with E-state index in [2.05, 4.69) is 0 Å². The zero-order valence-electron chi connectivity index (χ0n) is 10.9. The van der Waals surface area contributed by atoms with Gasteiger partial charge >= 0.3 is 6.09 Å². The summed E-state index contributed by atoms with van der Waals surface area (Å²) in [5.41, 5.74) is -0.437. The van der Waals surface area contributed by atoms with Crippen molar-refractivity contribution in [3.8, 4) is 0 Å². The maximum absolute atomic E-state index is 11.8. The molecular formula is C12H21NO4. The Kier molecular flexibility index (Phi) is 3.32. The third-order valence-electron chi connectivity index (χ3n) is 2.91. The fourth-order valence-electron chi connectivity index (χ4n) is 2.11. The molecule has 1 atom stereocenters. The van der Waals surface area contributed by atoms with Crippen LogP contribution in [0, 0.1) is 5.92 Å². The molecule has 17 heavy (non-hydrogen) atoms. The smallest absolute Gasteiger partial charge is 0.410 e. The number of amides is 1. The third-order valence-corrected chi connectivity index (χ3v) is 2.91. The number of nitrogens with zero attached hydrogens (tertiary/aromatic N) is 1. The van der Waals surface area contributed by atoms with Gasteiger partial charge in [0, 0.05) is 19.0 Å². The second-order valence-corrected chi connectivity index (χ2v) is 5.68. The number of carbonyl (C=O) groups is 1. The predicted octanol–water partition coefficient (Wildman–Crippen LogP) is 1.96.